The van der Waals surface area contributed by atoms with Gasteiger partial charge in [0.25, 0.3) is 0 Å². The Labute approximate surface area is 86.5 Å². The Kier molecular flexibility index (Phi) is 3.42. The van der Waals surface area contributed by atoms with E-state index in [1.807, 2.05) is 0 Å². The van der Waals surface area contributed by atoms with E-state index in [9.17, 15) is 4.39 Å². The summed E-state index contributed by atoms with van der Waals surface area (Å²) in [5.74, 6) is 0.855. The quantitative estimate of drug-likeness (QED) is 0.736. The van der Waals surface area contributed by atoms with Crippen molar-refractivity contribution in [1.82, 2.24) is 5.32 Å². The molecular weight excluding hydrogens is 177 g/mol. The predicted octanol–water partition coefficient (Wildman–Crippen LogP) is 3.05. The summed E-state index contributed by atoms with van der Waals surface area (Å²) in [5, 5.41) is 3.67. The number of hydrogen-bond donors (Lipinski definition) is 1. The molecule has 0 radical (unpaired) electrons. The normalized spacial score (nSPS) is 43.3. The highest BCUT2D eigenvalue weighted by Gasteiger charge is 2.31. The smallest absolute Gasteiger partial charge is 0.102 e. The molecule has 2 heteroatoms. The molecule has 0 aliphatic heterocycles. The van der Waals surface area contributed by atoms with Crippen LogP contribution in [-0.2, 0) is 0 Å². The molecule has 2 fully saturated rings. The standard InChI is InChI=1S/C12H22FN/c1-2-9-4-3-5-12(9)14-11-7-6-10(13)8-11/h9-12,14H,2-8H2,1H3. The highest BCUT2D eigenvalue weighted by Crippen LogP contribution is 2.30. The number of alkyl halides is 1. The van der Waals surface area contributed by atoms with Crippen molar-refractivity contribution in [3.05, 3.63) is 0 Å². The summed E-state index contributed by atoms with van der Waals surface area (Å²) < 4.78 is 13.0. The predicted molar refractivity (Wildman–Crippen MR) is 57.1 cm³/mol. The second kappa shape index (κ2) is 4.61. The van der Waals surface area contributed by atoms with E-state index < -0.39 is 6.17 Å². The van der Waals surface area contributed by atoms with E-state index >= 15 is 0 Å². The largest absolute Gasteiger partial charge is 0.311 e. The van der Waals surface area contributed by atoms with Gasteiger partial charge in [-0.3, -0.25) is 0 Å². The Balaban J connectivity index is 1.79. The van der Waals surface area contributed by atoms with Crippen LogP contribution in [0.4, 0.5) is 4.39 Å². The first-order chi connectivity index (χ1) is 6.79. The van der Waals surface area contributed by atoms with Crippen molar-refractivity contribution in [2.24, 2.45) is 5.92 Å². The first kappa shape index (κ1) is 10.4. The molecule has 2 aliphatic rings. The molecule has 1 nitrogen and oxygen atoms in total. The highest BCUT2D eigenvalue weighted by atomic mass is 19.1. The Hall–Kier alpha value is -0.110. The van der Waals surface area contributed by atoms with E-state index in [2.05, 4.69) is 12.2 Å². The van der Waals surface area contributed by atoms with Gasteiger partial charge in [-0.25, -0.2) is 4.39 Å². The molecule has 0 aromatic carbocycles. The average molecular weight is 199 g/mol. The van der Waals surface area contributed by atoms with Crippen molar-refractivity contribution in [2.75, 3.05) is 0 Å². The average Bonchev–Trinajstić information content (AvgIpc) is 2.76. The van der Waals surface area contributed by atoms with Gasteiger partial charge in [0, 0.05) is 12.1 Å². The van der Waals surface area contributed by atoms with E-state index in [4.69, 9.17) is 0 Å². The first-order valence-electron chi connectivity index (χ1n) is 6.19. The third-order valence-corrected chi connectivity index (χ3v) is 4.00. The SMILES string of the molecule is CCC1CCCC1NC1CCC(F)C1. The molecule has 4 atom stereocenters. The number of hydrogen-bond acceptors (Lipinski definition) is 1. The van der Waals surface area contributed by atoms with E-state index in [1.165, 1.54) is 25.7 Å². The van der Waals surface area contributed by atoms with E-state index in [-0.39, 0.29) is 0 Å². The molecule has 0 bridgehead atoms. The molecular formula is C12H22FN. The maximum Gasteiger partial charge on any atom is 0.102 e. The first-order valence-corrected chi connectivity index (χ1v) is 6.19. The van der Waals surface area contributed by atoms with Crippen LogP contribution >= 0.6 is 0 Å². The van der Waals surface area contributed by atoms with Crippen molar-refractivity contribution < 1.29 is 4.39 Å². The van der Waals surface area contributed by atoms with Crippen LogP contribution in [0.3, 0.4) is 0 Å². The van der Waals surface area contributed by atoms with Crippen molar-refractivity contribution in [2.45, 2.75) is 70.1 Å². The molecule has 0 aromatic heterocycles. The fraction of sp³-hybridized carbons (Fsp3) is 1.00. The van der Waals surface area contributed by atoms with Crippen LogP contribution in [0.5, 0.6) is 0 Å². The van der Waals surface area contributed by atoms with Crippen LogP contribution in [0.2, 0.25) is 0 Å². The van der Waals surface area contributed by atoms with Gasteiger partial charge in [-0.1, -0.05) is 19.8 Å². The van der Waals surface area contributed by atoms with Crippen LogP contribution in [0.1, 0.15) is 51.9 Å². The summed E-state index contributed by atoms with van der Waals surface area (Å²) in [6.07, 6.45) is 7.38. The fourth-order valence-electron chi connectivity index (χ4n) is 3.13. The monoisotopic (exact) mass is 199 g/mol. The van der Waals surface area contributed by atoms with Crippen LogP contribution in [0, 0.1) is 5.92 Å². The lowest BCUT2D eigenvalue weighted by Gasteiger charge is -2.23. The number of nitrogens with one attached hydrogen (secondary N) is 1. The van der Waals surface area contributed by atoms with Crippen molar-refractivity contribution in [3.63, 3.8) is 0 Å². The lowest BCUT2D eigenvalue weighted by atomic mass is 9.99. The van der Waals surface area contributed by atoms with Gasteiger partial charge in [0.15, 0.2) is 0 Å². The van der Waals surface area contributed by atoms with Gasteiger partial charge in [0.05, 0.1) is 0 Å². The third kappa shape index (κ3) is 2.28. The molecule has 0 spiro atoms. The maximum absolute atomic E-state index is 13.0. The molecule has 0 amide bonds. The Morgan fingerprint density at radius 2 is 2.07 bits per heavy atom. The topological polar surface area (TPSA) is 12.0 Å². The van der Waals surface area contributed by atoms with Gasteiger partial charge >= 0.3 is 0 Å². The zero-order chi connectivity index (χ0) is 9.97. The van der Waals surface area contributed by atoms with Gasteiger partial charge in [0.2, 0.25) is 0 Å². The molecule has 4 unspecified atom stereocenters. The van der Waals surface area contributed by atoms with Crippen LogP contribution in [0.15, 0.2) is 0 Å². The molecule has 0 aromatic rings. The minimum absolute atomic E-state index is 0.474. The second-order valence-corrected chi connectivity index (χ2v) is 4.98. The summed E-state index contributed by atoms with van der Waals surface area (Å²) >= 11 is 0. The molecule has 2 saturated carbocycles. The highest BCUT2D eigenvalue weighted by molar-refractivity contribution is 4.88. The number of rotatable bonds is 3. The summed E-state index contributed by atoms with van der Waals surface area (Å²) in [5.41, 5.74) is 0. The minimum atomic E-state index is -0.533. The van der Waals surface area contributed by atoms with E-state index in [0.29, 0.717) is 12.1 Å². The molecule has 2 rings (SSSR count). The molecule has 0 heterocycles. The molecule has 1 N–H and O–H groups in total. The Morgan fingerprint density at radius 3 is 2.71 bits per heavy atom. The second-order valence-electron chi connectivity index (χ2n) is 4.98. The van der Waals surface area contributed by atoms with Crippen molar-refractivity contribution in [1.29, 1.82) is 0 Å². The lowest BCUT2D eigenvalue weighted by molar-refractivity contribution is 0.312. The lowest BCUT2D eigenvalue weighted by Crippen LogP contribution is -2.39. The zero-order valence-corrected chi connectivity index (χ0v) is 9.14. The van der Waals surface area contributed by atoms with Gasteiger partial charge in [-0.15, -0.1) is 0 Å². The van der Waals surface area contributed by atoms with Gasteiger partial charge < -0.3 is 5.32 Å². The van der Waals surface area contributed by atoms with Crippen LogP contribution < -0.4 is 5.32 Å². The third-order valence-electron chi connectivity index (χ3n) is 4.00. The molecule has 14 heavy (non-hydrogen) atoms. The maximum atomic E-state index is 13.0. The minimum Gasteiger partial charge on any atom is -0.311 e. The van der Waals surface area contributed by atoms with Gasteiger partial charge in [-0.2, -0.15) is 0 Å². The van der Waals surface area contributed by atoms with Crippen LogP contribution in [-0.4, -0.2) is 18.3 Å². The van der Waals surface area contributed by atoms with Gasteiger partial charge in [-0.05, 0) is 38.0 Å². The van der Waals surface area contributed by atoms with E-state index in [0.717, 1.165) is 25.2 Å². The van der Waals surface area contributed by atoms with E-state index in [1.54, 1.807) is 0 Å². The number of halogens is 1. The summed E-state index contributed by atoms with van der Waals surface area (Å²) in [4.78, 5) is 0. The Morgan fingerprint density at radius 1 is 1.21 bits per heavy atom. The van der Waals surface area contributed by atoms with Crippen molar-refractivity contribution >= 4 is 0 Å². The Bertz CT molecular complexity index is 183. The summed E-state index contributed by atoms with van der Waals surface area (Å²) in [6, 6.07) is 1.16. The molecule has 0 saturated heterocycles. The van der Waals surface area contributed by atoms with Crippen molar-refractivity contribution in [3.8, 4) is 0 Å². The summed E-state index contributed by atoms with van der Waals surface area (Å²) in [6.45, 7) is 2.28. The summed E-state index contributed by atoms with van der Waals surface area (Å²) in [7, 11) is 0. The van der Waals surface area contributed by atoms with Crippen LogP contribution in [0.25, 0.3) is 0 Å². The van der Waals surface area contributed by atoms with Gasteiger partial charge in [0.1, 0.15) is 6.17 Å². The fourth-order valence-corrected chi connectivity index (χ4v) is 3.13. The molecule has 82 valence electrons. The molecule has 2 aliphatic carbocycles. The zero-order valence-electron chi connectivity index (χ0n) is 9.14.